The van der Waals surface area contributed by atoms with E-state index in [-0.39, 0.29) is 22.0 Å². The van der Waals surface area contributed by atoms with E-state index in [0.29, 0.717) is 3.57 Å². The van der Waals surface area contributed by atoms with Crippen LogP contribution in [0, 0.1) is 9.39 Å². The van der Waals surface area contributed by atoms with Gasteiger partial charge in [-0.15, -0.1) is 0 Å². The standard InChI is InChI=1S/C13H8ClFINO2/c14-8-2-1-3-9(15)12(8)17-13(19)7-4-5-10(16)11(18)6-7/h1-6,18H,(H,17,19). The minimum atomic E-state index is -0.615. The van der Waals surface area contributed by atoms with E-state index in [2.05, 4.69) is 5.32 Å². The Hall–Kier alpha value is -1.34. The van der Waals surface area contributed by atoms with E-state index in [1.54, 1.807) is 6.07 Å². The fourth-order valence-electron chi connectivity index (χ4n) is 1.46. The number of anilines is 1. The SMILES string of the molecule is O=C(Nc1c(F)cccc1Cl)c1ccc(I)c(O)c1. The molecule has 0 fully saturated rings. The summed E-state index contributed by atoms with van der Waals surface area (Å²) in [6.45, 7) is 0. The topological polar surface area (TPSA) is 49.3 Å². The smallest absolute Gasteiger partial charge is 0.255 e. The maximum atomic E-state index is 13.5. The van der Waals surface area contributed by atoms with Crippen molar-refractivity contribution in [2.24, 2.45) is 0 Å². The lowest BCUT2D eigenvalue weighted by Gasteiger charge is -2.08. The normalized spacial score (nSPS) is 10.3. The Bertz CT molecular complexity index is 628. The quantitative estimate of drug-likeness (QED) is 0.759. The Balaban J connectivity index is 2.28. The van der Waals surface area contributed by atoms with E-state index in [4.69, 9.17) is 11.6 Å². The fourth-order valence-corrected chi connectivity index (χ4v) is 2.00. The van der Waals surface area contributed by atoms with Crippen molar-refractivity contribution in [2.75, 3.05) is 5.32 Å². The maximum absolute atomic E-state index is 13.5. The zero-order valence-corrected chi connectivity index (χ0v) is 12.4. The first-order valence-electron chi connectivity index (χ1n) is 5.23. The molecule has 2 N–H and O–H groups in total. The number of hydrogen-bond donors (Lipinski definition) is 2. The number of benzene rings is 2. The van der Waals surface area contributed by atoms with Gasteiger partial charge in [0, 0.05) is 5.56 Å². The van der Waals surface area contributed by atoms with Gasteiger partial charge in [0.25, 0.3) is 5.91 Å². The van der Waals surface area contributed by atoms with Crippen molar-refractivity contribution in [3.63, 3.8) is 0 Å². The molecule has 19 heavy (non-hydrogen) atoms. The van der Waals surface area contributed by atoms with Gasteiger partial charge in [-0.05, 0) is 52.9 Å². The zero-order valence-electron chi connectivity index (χ0n) is 9.45. The third-order valence-corrected chi connectivity index (χ3v) is 3.64. The monoisotopic (exact) mass is 391 g/mol. The molecular formula is C13H8ClFINO2. The highest BCUT2D eigenvalue weighted by Gasteiger charge is 2.13. The van der Waals surface area contributed by atoms with Crippen LogP contribution in [0.1, 0.15) is 10.4 Å². The second-order valence-electron chi connectivity index (χ2n) is 3.72. The molecule has 0 aliphatic rings. The van der Waals surface area contributed by atoms with Crippen LogP contribution in [0.15, 0.2) is 36.4 Å². The molecular weight excluding hydrogens is 384 g/mol. The summed E-state index contributed by atoms with van der Waals surface area (Å²) in [5.74, 6) is -1.16. The molecule has 0 atom stereocenters. The largest absolute Gasteiger partial charge is 0.507 e. The third-order valence-electron chi connectivity index (χ3n) is 2.41. The number of phenolic OH excluding ortho intramolecular Hbond substituents is 1. The molecule has 0 aliphatic heterocycles. The summed E-state index contributed by atoms with van der Waals surface area (Å²) in [6.07, 6.45) is 0. The first kappa shape index (κ1) is 14.1. The molecule has 0 saturated carbocycles. The number of aromatic hydroxyl groups is 1. The molecule has 0 spiro atoms. The number of nitrogens with one attached hydrogen (secondary N) is 1. The van der Waals surface area contributed by atoms with Gasteiger partial charge in [0.1, 0.15) is 11.6 Å². The molecule has 2 aromatic rings. The van der Waals surface area contributed by atoms with Crippen molar-refractivity contribution < 1.29 is 14.3 Å². The highest BCUT2D eigenvalue weighted by molar-refractivity contribution is 14.1. The first-order valence-corrected chi connectivity index (χ1v) is 6.68. The summed E-state index contributed by atoms with van der Waals surface area (Å²) in [4.78, 5) is 11.9. The van der Waals surface area contributed by atoms with Gasteiger partial charge in [-0.1, -0.05) is 17.7 Å². The number of halogens is 3. The average Bonchev–Trinajstić information content (AvgIpc) is 2.37. The Morgan fingerprint density at radius 1 is 1.32 bits per heavy atom. The van der Waals surface area contributed by atoms with Crippen LogP contribution in [0.4, 0.5) is 10.1 Å². The van der Waals surface area contributed by atoms with Gasteiger partial charge in [-0.3, -0.25) is 4.79 Å². The van der Waals surface area contributed by atoms with Gasteiger partial charge in [0.05, 0.1) is 14.3 Å². The van der Waals surface area contributed by atoms with Gasteiger partial charge < -0.3 is 10.4 Å². The van der Waals surface area contributed by atoms with E-state index >= 15 is 0 Å². The molecule has 6 heteroatoms. The van der Waals surface area contributed by atoms with E-state index in [0.717, 1.165) is 0 Å². The molecule has 0 aliphatic carbocycles. The van der Waals surface area contributed by atoms with Crippen molar-refractivity contribution in [3.8, 4) is 5.75 Å². The van der Waals surface area contributed by atoms with E-state index in [1.807, 2.05) is 22.6 Å². The summed E-state index contributed by atoms with van der Waals surface area (Å²) in [5.41, 5.74) is 0.143. The third kappa shape index (κ3) is 3.16. The Kier molecular flexibility index (Phi) is 4.26. The van der Waals surface area contributed by atoms with Crippen molar-refractivity contribution >= 4 is 45.8 Å². The van der Waals surface area contributed by atoms with Gasteiger partial charge in [-0.25, -0.2) is 4.39 Å². The summed E-state index contributed by atoms with van der Waals surface area (Å²) in [6, 6.07) is 8.56. The molecule has 2 rings (SSSR count). The zero-order chi connectivity index (χ0) is 14.0. The fraction of sp³-hybridized carbons (Fsp3) is 0. The van der Waals surface area contributed by atoms with Crippen molar-refractivity contribution in [2.45, 2.75) is 0 Å². The van der Waals surface area contributed by atoms with Crippen LogP contribution in [0.2, 0.25) is 5.02 Å². The lowest BCUT2D eigenvalue weighted by Crippen LogP contribution is -2.13. The number of para-hydroxylation sites is 1. The predicted molar refractivity (Wildman–Crippen MR) is 80.2 cm³/mol. The van der Waals surface area contributed by atoms with Crippen LogP contribution in [-0.4, -0.2) is 11.0 Å². The predicted octanol–water partition coefficient (Wildman–Crippen LogP) is 4.04. The van der Waals surface area contributed by atoms with Crippen LogP contribution in [0.25, 0.3) is 0 Å². The van der Waals surface area contributed by atoms with Gasteiger partial charge >= 0.3 is 0 Å². The van der Waals surface area contributed by atoms with Crippen molar-refractivity contribution in [1.29, 1.82) is 0 Å². The second-order valence-corrected chi connectivity index (χ2v) is 5.29. The van der Waals surface area contributed by atoms with Gasteiger partial charge in [0.15, 0.2) is 0 Å². The van der Waals surface area contributed by atoms with Crippen molar-refractivity contribution in [3.05, 3.63) is 56.4 Å². The van der Waals surface area contributed by atoms with E-state index in [9.17, 15) is 14.3 Å². The molecule has 0 heterocycles. The summed E-state index contributed by atoms with van der Waals surface area (Å²) < 4.78 is 14.1. The van der Waals surface area contributed by atoms with Crippen LogP contribution >= 0.6 is 34.2 Å². The average molecular weight is 392 g/mol. The lowest BCUT2D eigenvalue weighted by atomic mass is 10.2. The Morgan fingerprint density at radius 2 is 2.05 bits per heavy atom. The minimum Gasteiger partial charge on any atom is -0.507 e. The number of hydrogen-bond acceptors (Lipinski definition) is 2. The number of carbonyl (C=O) groups excluding carboxylic acids is 1. The molecule has 0 radical (unpaired) electrons. The number of amides is 1. The van der Waals surface area contributed by atoms with Crippen LogP contribution in [-0.2, 0) is 0 Å². The lowest BCUT2D eigenvalue weighted by molar-refractivity contribution is 0.102. The molecule has 3 nitrogen and oxygen atoms in total. The summed E-state index contributed by atoms with van der Waals surface area (Å²) in [7, 11) is 0. The van der Waals surface area contributed by atoms with E-state index < -0.39 is 11.7 Å². The van der Waals surface area contributed by atoms with Crippen molar-refractivity contribution in [1.82, 2.24) is 0 Å². The molecule has 0 unspecified atom stereocenters. The molecule has 0 saturated heterocycles. The number of rotatable bonds is 2. The summed E-state index contributed by atoms with van der Waals surface area (Å²) >= 11 is 7.75. The van der Waals surface area contributed by atoms with E-state index in [1.165, 1.54) is 30.3 Å². The molecule has 0 aromatic heterocycles. The Labute approximate surface area is 127 Å². The number of carbonyl (C=O) groups is 1. The summed E-state index contributed by atoms with van der Waals surface area (Å²) in [5, 5.41) is 12.0. The van der Waals surface area contributed by atoms with Gasteiger partial charge in [0.2, 0.25) is 0 Å². The Morgan fingerprint density at radius 3 is 2.68 bits per heavy atom. The van der Waals surface area contributed by atoms with Crippen LogP contribution in [0.5, 0.6) is 5.75 Å². The maximum Gasteiger partial charge on any atom is 0.255 e. The molecule has 1 amide bonds. The highest BCUT2D eigenvalue weighted by atomic mass is 127. The minimum absolute atomic E-state index is 0.00659. The van der Waals surface area contributed by atoms with Gasteiger partial charge in [-0.2, -0.15) is 0 Å². The number of phenols is 1. The first-order chi connectivity index (χ1) is 8.99. The van der Waals surface area contributed by atoms with Crippen LogP contribution < -0.4 is 5.32 Å². The second kappa shape index (κ2) is 5.75. The molecule has 2 aromatic carbocycles. The highest BCUT2D eigenvalue weighted by Crippen LogP contribution is 2.26. The van der Waals surface area contributed by atoms with Crippen LogP contribution in [0.3, 0.4) is 0 Å². The molecule has 98 valence electrons. The molecule has 0 bridgehead atoms.